The lowest BCUT2D eigenvalue weighted by Gasteiger charge is -2.14. The average molecular weight is 366 g/mol. The Hall–Kier alpha value is -3.45. The van der Waals surface area contributed by atoms with E-state index < -0.39 is 11.8 Å². The summed E-state index contributed by atoms with van der Waals surface area (Å²) < 4.78 is 0. The third-order valence-electron chi connectivity index (χ3n) is 3.29. The Morgan fingerprint density at radius 2 is 1.65 bits per heavy atom. The van der Waals surface area contributed by atoms with Crippen LogP contribution in [-0.2, 0) is 0 Å². The predicted molar refractivity (Wildman–Crippen MR) is 95.8 cm³/mol. The van der Waals surface area contributed by atoms with Gasteiger partial charge in [0.25, 0.3) is 5.91 Å². The molecule has 1 aromatic carbocycles. The maximum atomic E-state index is 12.7. The molecule has 26 heavy (non-hydrogen) atoms. The van der Waals surface area contributed by atoms with E-state index in [2.05, 4.69) is 20.1 Å². The molecule has 0 aliphatic rings. The SMILES string of the molecule is O=C(c1ccncc1)N(/N=C/c1ccc(Cl)cc1)C(=O)c1cnccn1. The van der Waals surface area contributed by atoms with Crippen LogP contribution in [-0.4, -0.2) is 38.0 Å². The maximum Gasteiger partial charge on any atom is 0.301 e. The fourth-order valence-electron chi connectivity index (χ4n) is 2.01. The summed E-state index contributed by atoms with van der Waals surface area (Å²) in [5.41, 5.74) is 0.947. The number of carbonyl (C=O) groups is 2. The van der Waals surface area contributed by atoms with Gasteiger partial charge >= 0.3 is 5.91 Å². The van der Waals surface area contributed by atoms with Gasteiger partial charge in [-0.3, -0.25) is 19.6 Å². The zero-order chi connectivity index (χ0) is 18.4. The summed E-state index contributed by atoms with van der Waals surface area (Å²) in [6.07, 6.45) is 8.38. The number of imide groups is 1. The number of carbonyl (C=O) groups excluding carboxylic acids is 2. The fourth-order valence-corrected chi connectivity index (χ4v) is 2.13. The van der Waals surface area contributed by atoms with Gasteiger partial charge in [0.2, 0.25) is 0 Å². The molecule has 0 radical (unpaired) electrons. The van der Waals surface area contributed by atoms with E-state index in [9.17, 15) is 9.59 Å². The highest BCUT2D eigenvalue weighted by Crippen LogP contribution is 2.11. The molecule has 0 unspecified atom stereocenters. The second kappa shape index (κ2) is 8.09. The van der Waals surface area contributed by atoms with Gasteiger partial charge < -0.3 is 0 Å². The Morgan fingerprint density at radius 3 is 2.31 bits per heavy atom. The molecular formula is C18H12ClN5O2. The summed E-state index contributed by atoms with van der Waals surface area (Å²) in [4.78, 5) is 37.1. The molecule has 3 aromatic rings. The number of benzene rings is 1. The Kier molecular flexibility index (Phi) is 5.40. The van der Waals surface area contributed by atoms with Crippen LogP contribution in [0, 0.1) is 0 Å². The van der Waals surface area contributed by atoms with E-state index in [0.29, 0.717) is 10.6 Å². The monoisotopic (exact) mass is 365 g/mol. The molecule has 2 aromatic heterocycles. The first-order chi connectivity index (χ1) is 12.6. The Morgan fingerprint density at radius 1 is 0.923 bits per heavy atom. The zero-order valence-corrected chi connectivity index (χ0v) is 14.1. The number of aromatic nitrogens is 3. The van der Waals surface area contributed by atoms with E-state index in [1.807, 2.05) is 0 Å². The number of nitrogens with zero attached hydrogens (tertiary/aromatic N) is 5. The first-order valence-electron chi connectivity index (χ1n) is 7.49. The third kappa shape index (κ3) is 4.14. The number of pyridine rings is 1. The molecule has 0 spiro atoms. The molecule has 0 bridgehead atoms. The van der Waals surface area contributed by atoms with Gasteiger partial charge in [-0.25, -0.2) is 4.98 Å². The molecule has 3 rings (SSSR count). The molecule has 0 atom stereocenters. The second-order valence-electron chi connectivity index (χ2n) is 5.04. The highest BCUT2D eigenvalue weighted by molar-refractivity contribution is 6.30. The summed E-state index contributed by atoms with van der Waals surface area (Å²) >= 11 is 5.85. The van der Waals surface area contributed by atoms with Gasteiger partial charge in [0.05, 0.1) is 12.4 Å². The highest BCUT2D eigenvalue weighted by atomic mass is 35.5. The van der Waals surface area contributed by atoms with Crippen LogP contribution in [0.5, 0.6) is 0 Å². The van der Waals surface area contributed by atoms with Crippen molar-refractivity contribution in [2.45, 2.75) is 0 Å². The van der Waals surface area contributed by atoms with Crippen molar-refractivity contribution in [1.82, 2.24) is 20.0 Å². The molecule has 0 aliphatic carbocycles. The summed E-state index contributed by atoms with van der Waals surface area (Å²) in [7, 11) is 0. The van der Waals surface area contributed by atoms with Crippen molar-refractivity contribution < 1.29 is 9.59 Å². The van der Waals surface area contributed by atoms with Crippen LogP contribution in [0.15, 0.2) is 72.5 Å². The quantitative estimate of drug-likeness (QED) is 0.403. The Bertz CT molecular complexity index is 879. The van der Waals surface area contributed by atoms with Gasteiger partial charge in [-0.15, -0.1) is 0 Å². The standard InChI is InChI=1S/C18H12ClN5O2/c19-15-3-1-13(2-4-15)11-23-24(17(25)14-5-7-20-8-6-14)18(26)16-12-21-9-10-22-16/h1-12H/b23-11+. The van der Waals surface area contributed by atoms with E-state index in [0.717, 1.165) is 5.01 Å². The molecule has 128 valence electrons. The molecule has 0 N–H and O–H groups in total. The Balaban J connectivity index is 1.94. The van der Waals surface area contributed by atoms with Crippen LogP contribution < -0.4 is 0 Å². The zero-order valence-electron chi connectivity index (χ0n) is 13.4. The van der Waals surface area contributed by atoms with Gasteiger partial charge in [0, 0.05) is 35.4 Å². The lowest BCUT2D eigenvalue weighted by atomic mass is 10.2. The van der Waals surface area contributed by atoms with E-state index in [1.54, 1.807) is 24.3 Å². The van der Waals surface area contributed by atoms with Gasteiger partial charge in [0.1, 0.15) is 5.69 Å². The topological polar surface area (TPSA) is 88.4 Å². The number of hydrazone groups is 1. The lowest BCUT2D eigenvalue weighted by molar-refractivity contribution is 0.0618. The summed E-state index contributed by atoms with van der Waals surface area (Å²) in [6.45, 7) is 0. The van der Waals surface area contributed by atoms with Crippen LogP contribution in [0.1, 0.15) is 26.4 Å². The first-order valence-corrected chi connectivity index (χ1v) is 7.87. The van der Waals surface area contributed by atoms with Crippen LogP contribution in [0.4, 0.5) is 0 Å². The van der Waals surface area contributed by atoms with Crippen molar-refractivity contribution in [3.8, 4) is 0 Å². The first kappa shape index (κ1) is 17.4. The van der Waals surface area contributed by atoms with E-state index in [4.69, 9.17) is 11.6 Å². The van der Waals surface area contributed by atoms with E-state index in [1.165, 1.54) is 49.3 Å². The second-order valence-corrected chi connectivity index (χ2v) is 5.48. The lowest BCUT2D eigenvalue weighted by Crippen LogP contribution is -2.33. The minimum atomic E-state index is -0.690. The van der Waals surface area contributed by atoms with Crippen LogP contribution in [0.2, 0.25) is 5.02 Å². The van der Waals surface area contributed by atoms with Gasteiger partial charge in [0.15, 0.2) is 0 Å². The van der Waals surface area contributed by atoms with Gasteiger partial charge in [-0.05, 0) is 29.8 Å². The van der Waals surface area contributed by atoms with Crippen molar-refractivity contribution >= 4 is 29.6 Å². The van der Waals surface area contributed by atoms with E-state index in [-0.39, 0.29) is 11.3 Å². The molecule has 8 heteroatoms. The molecular weight excluding hydrogens is 354 g/mol. The van der Waals surface area contributed by atoms with Gasteiger partial charge in [-0.2, -0.15) is 10.1 Å². The fraction of sp³-hybridized carbons (Fsp3) is 0. The predicted octanol–water partition coefficient (Wildman–Crippen LogP) is 2.84. The normalized spacial score (nSPS) is 10.7. The minimum Gasteiger partial charge on any atom is -0.267 e. The number of hydrogen-bond donors (Lipinski definition) is 0. The summed E-state index contributed by atoms with van der Waals surface area (Å²) in [5.74, 6) is -1.29. The summed E-state index contributed by atoms with van der Waals surface area (Å²) in [6, 6.07) is 9.79. The van der Waals surface area contributed by atoms with Crippen molar-refractivity contribution in [3.05, 3.63) is 89.2 Å². The van der Waals surface area contributed by atoms with Gasteiger partial charge in [-0.1, -0.05) is 23.7 Å². The van der Waals surface area contributed by atoms with Crippen molar-refractivity contribution in [3.63, 3.8) is 0 Å². The molecule has 0 fully saturated rings. The third-order valence-corrected chi connectivity index (χ3v) is 3.54. The number of hydrogen-bond acceptors (Lipinski definition) is 6. The van der Waals surface area contributed by atoms with Crippen LogP contribution in [0.25, 0.3) is 0 Å². The van der Waals surface area contributed by atoms with Crippen molar-refractivity contribution in [2.75, 3.05) is 0 Å². The number of amides is 2. The van der Waals surface area contributed by atoms with Crippen LogP contribution >= 0.6 is 11.6 Å². The minimum absolute atomic E-state index is 0.00293. The molecule has 2 heterocycles. The number of halogens is 1. The van der Waals surface area contributed by atoms with Crippen LogP contribution in [0.3, 0.4) is 0 Å². The smallest absolute Gasteiger partial charge is 0.267 e. The molecule has 2 amide bonds. The molecule has 0 aliphatic heterocycles. The Labute approximate surface area is 154 Å². The van der Waals surface area contributed by atoms with E-state index >= 15 is 0 Å². The molecule has 0 saturated heterocycles. The molecule has 7 nitrogen and oxygen atoms in total. The summed E-state index contributed by atoms with van der Waals surface area (Å²) in [5, 5.41) is 5.37. The maximum absolute atomic E-state index is 12.7. The molecule has 0 saturated carbocycles. The average Bonchev–Trinajstić information content (AvgIpc) is 2.70. The number of rotatable bonds is 4. The highest BCUT2D eigenvalue weighted by Gasteiger charge is 2.25. The van der Waals surface area contributed by atoms with Crippen molar-refractivity contribution in [1.29, 1.82) is 0 Å². The van der Waals surface area contributed by atoms with Crippen molar-refractivity contribution in [2.24, 2.45) is 5.10 Å². The largest absolute Gasteiger partial charge is 0.301 e.